The van der Waals surface area contributed by atoms with Crippen LogP contribution in [-0.4, -0.2) is 22.3 Å². The Balaban J connectivity index is 1.22. The molecule has 5 aromatic rings. The molecule has 0 saturated heterocycles. The van der Waals surface area contributed by atoms with Crippen molar-refractivity contribution in [2.75, 3.05) is 6.54 Å². The van der Waals surface area contributed by atoms with Crippen LogP contribution in [0.25, 0.3) is 0 Å². The normalized spacial score (nSPS) is 11.2. The number of hydrogen-bond donors (Lipinski definition) is 1. The van der Waals surface area contributed by atoms with Gasteiger partial charge in [-0.05, 0) is 52.9 Å². The minimum Gasteiger partial charge on any atom is -0.351 e. The number of carbonyl (C=O) groups is 1. The first-order chi connectivity index (χ1) is 20.0. The van der Waals surface area contributed by atoms with E-state index in [1.807, 2.05) is 36.4 Å². The smallest absolute Gasteiger partial charge is 0.270 e. The van der Waals surface area contributed by atoms with Gasteiger partial charge in [-0.1, -0.05) is 84.9 Å². The van der Waals surface area contributed by atoms with Gasteiger partial charge in [0.1, 0.15) is 22.3 Å². The summed E-state index contributed by atoms with van der Waals surface area (Å²) in [5.74, 6) is -0.590. The topological polar surface area (TPSA) is 45.2 Å². The van der Waals surface area contributed by atoms with Gasteiger partial charge in [0, 0.05) is 30.9 Å². The van der Waals surface area contributed by atoms with Crippen LogP contribution in [0.3, 0.4) is 0 Å². The fourth-order valence-corrected chi connectivity index (χ4v) is 5.68. The first-order valence-electron chi connectivity index (χ1n) is 13.6. The molecule has 7 heteroatoms. The molecule has 0 bridgehead atoms. The summed E-state index contributed by atoms with van der Waals surface area (Å²) in [5.41, 5.74) is 4.73. The predicted octanol–water partition coefficient (Wildman–Crippen LogP) is 7.58. The third-order valence-electron chi connectivity index (χ3n) is 6.90. The fourth-order valence-electron chi connectivity index (χ4n) is 4.86. The Bertz CT molecular complexity index is 1440. The van der Waals surface area contributed by atoms with E-state index in [9.17, 15) is 13.6 Å². The first-order valence-corrected chi connectivity index (χ1v) is 14.5. The summed E-state index contributed by atoms with van der Waals surface area (Å²) < 4.78 is 26.9. The molecular formula is C34H31F2N3OS. The van der Waals surface area contributed by atoms with Gasteiger partial charge in [-0.25, -0.2) is 13.8 Å². The highest BCUT2D eigenvalue weighted by Gasteiger charge is 2.17. The molecule has 208 valence electrons. The summed E-state index contributed by atoms with van der Waals surface area (Å²) >= 11 is 1.43. The van der Waals surface area contributed by atoms with Gasteiger partial charge in [0.2, 0.25) is 0 Å². The van der Waals surface area contributed by atoms with Crippen molar-refractivity contribution in [2.24, 2.45) is 0 Å². The van der Waals surface area contributed by atoms with E-state index in [4.69, 9.17) is 0 Å². The molecule has 0 spiro atoms. The molecule has 1 aromatic heterocycles. The van der Waals surface area contributed by atoms with E-state index >= 15 is 0 Å². The van der Waals surface area contributed by atoms with Crippen molar-refractivity contribution in [3.8, 4) is 0 Å². The molecule has 0 atom stereocenters. The third-order valence-corrected chi connectivity index (χ3v) is 7.74. The number of carbonyl (C=O) groups excluding carboxylic acids is 1. The predicted molar refractivity (Wildman–Crippen MR) is 160 cm³/mol. The van der Waals surface area contributed by atoms with E-state index in [1.165, 1.54) is 46.7 Å². The van der Waals surface area contributed by atoms with Crippen LogP contribution in [0.4, 0.5) is 8.78 Å². The molecule has 0 aliphatic rings. The molecule has 1 amide bonds. The second-order valence-electron chi connectivity index (χ2n) is 9.94. The molecule has 1 heterocycles. The lowest BCUT2D eigenvalue weighted by Gasteiger charge is -2.21. The number of nitrogens with zero attached hydrogens (tertiary/aromatic N) is 2. The van der Waals surface area contributed by atoms with Crippen LogP contribution in [0.15, 0.2) is 115 Å². The average molecular weight is 568 g/mol. The van der Waals surface area contributed by atoms with Crippen molar-refractivity contribution in [1.29, 1.82) is 0 Å². The second kappa shape index (κ2) is 13.9. The summed E-state index contributed by atoms with van der Waals surface area (Å²) in [6, 6.07) is 33.4. The lowest BCUT2D eigenvalue weighted by atomic mass is 9.88. The van der Waals surface area contributed by atoms with E-state index in [-0.39, 0.29) is 23.5 Å². The summed E-state index contributed by atoms with van der Waals surface area (Å²) in [7, 11) is 0. The van der Waals surface area contributed by atoms with E-state index in [2.05, 4.69) is 39.5 Å². The van der Waals surface area contributed by atoms with Gasteiger partial charge in [0.25, 0.3) is 5.91 Å². The number of hydrogen-bond acceptors (Lipinski definition) is 4. The summed E-state index contributed by atoms with van der Waals surface area (Å²) in [6.07, 6.45) is 0.764. The zero-order chi connectivity index (χ0) is 28.4. The van der Waals surface area contributed by atoms with Crippen molar-refractivity contribution >= 4 is 17.2 Å². The van der Waals surface area contributed by atoms with Crippen LogP contribution in [0, 0.1) is 11.6 Å². The zero-order valence-corrected chi connectivity index (χ0v) is 23.4. The van der Waals surface area contributed by atoms with Gasteiger partial charge < -0.3 is 5.32 Å². The second-order valence-corrected chi connectivity index (χ2v) is 10.9. The monoisotopic (exact) mass is 567 g/mol. The van der Waals surface area contributed by atoms with Gasteiger partial charge in [-0.2, -0.15) is 0 Å². The third kappa shape index (κ3) is 8.16. The molecule has 0 saturated carbocycles. The molecule has 0 fully saturated rings. The SMILES string of the molecule is O=C(NCCC(c1ccccc1)c1ccccc1)c1csc(CN(Cc2ccc(F)cc2)Cc2ccc(F)cc2)n1. The van der Waals surface area contributed by atoms with E-state index < -0.39 is 0 Å². The first kappa shape index (κ1) is 28.3. The maximum atomic E-state index is 13.4. The van der Waals surface area contributed by atoms with E-state index in [0.717, 1.165) is 22.6 Å². The summed E-state index contributed by atoms with van der Waals surface area (Å²) in [5, 5.41) is 5.63. The molecule has 41 heavy (non-hydrogen) atoms. The van der Waals surface area contributed by atoms with Crippen molar-refractivity contribution in [3.05, 3.63) is 159 Å². The Morgan fingerprint density at radius 2 is 1.24 bits per heavy atom. The highest BCUT2D eigenvalue weighted by molar-refractivity contribution is 7.09. The highest BCUT2D eigenvalue weighted by Crippen LogP contribution is 2.27. The average Bonchev–Trinajstić information content (AvgIpc) is 3.47. The van der Waals surface area contributed by atoms with Crippen molar-refractivity contribution in [1.82, 2.24) is 15.2 Å². The van der Waals surface area contributed by atoms with E-state index in [0.29, 0.717) is 31.9 Å². The van der Waals surface area contributed by atoms with Crippen LogP contribution >= 0.6 is 11.3 Å². The fraction of sp³-hybridized carbons (Fsp3) is 0.176. The number of amides is 1. The summed E-state index contributed by atoms with van der Waals surface area (Å²) in [6.45, 7) is 2.12. The van der Waals surface area contributed by atoms with Gasteiger partial charge in [0.05, 0.1) is 6.54 Å². The minimum atomic E-state index is -0.284. The minimum absolute atomic E-state index is 0.176. The number of thiazole rings is 1. The van der Waals surface area contributed by atoms with Gasteiger partial charge in [0.15, 0.2) is 0 Å². The molecule has 0 unspecified atom stereocenters. The molecular weight excluding hydrogens is 536 g/mol. The number of aromatic nitrogens is 1. The molecule has 4 aromatic carbocycles. The molecule has 0 aliphatic heterocycles. The Morgan fingerprint density at radius 1 is 0.732 bits per heavy atom. The maximum Gasteiger partial charge on any atom is 0.270 e. The number of benzene rings is 4. The standard InChI is InChI=1S/C34H31F2N3OS/c35-29-15-11-25(12-16-29)21-39(22-26-13-17-30(36)18-14-26)23-33-38-32(24-41-33)34(40)37-20-19-31(27-7-3-1-4-8-27)28-9-5-2-6-10-28/h1-18,24,31H,19-23H2,(H,37,40). The molecule has 0 aliphatic carbocycles. The highest BCUT2D eigenvalue weighted by atomic mass is 32.1. The van der Waals surface area contributed by atoms with Gasteiger partial charge in [-0.3, -0.25) is 9.69 Å². The number of halogens is 2. The van der Waals surface area contributed by atoms with Crippen LogP contribution in [-0.2, 0) is 19.6 Å². The van der Waals surface area contributed by atoms with Gasteiger partial charge >= 0.3 is 0 Å². The quantitative estimate of drug-likeness (QED) is 0.169. The number of rotatable bonds is 12. The lowest BCUT2D eigenvalue weighted by molar-refractivity contribution is 0.0948. The Kier molecular flexibility index (Phi) is 9.62. The van der Waals surface area contributed by atoms with Crippen LogP contribution in [0.2, 0.25) is 0 Å². The van der Waals surface area contributed by atoms with Crippen LogP contribution in [0.5, 0.6) is 0 Å². The largest absolute Gasteiger partial charge is 0.351 e. The van der Waals surface area contributed by atoms with E-state index in [1.54, 1.807) is 29.6 Å². The number of nitrogens with one attached hydrogen (secondary N) is 1. The summed E-state index contributed by atoms with van der Waals surface area (Å²) in [4.78, 5) is 19.8. The van der Waals surface area contributed by atoms with Crippen molar-refractivity contribution in [2.45, 2.75) is 32.0 Å². The molecule has 0 radical (unpaired) electrons. The zero-order valence-electron chi connectivity index (χ0n) is 22.5. The lowest BCUT2D eigenvalue weighted by Crippen LogP contribution is -2.26. The van der Waals surface area contributed by atoms with Crippen molar-refractivity contribution in [3.63, 3.8) is 0 Å². The van der Waals surface area contributed by atoms with Crippen LogP contribution in [0.1, 0.15) is 50.1 Å². The Labute approximate surface area is 243 Å². The Morgan fingerprint density at radius 3 is 1.76 bits per heavy atom. The van der Waals surface area contributed by atoms with Crippen molar-refractivity contribution < 1.29 is 13.6 Å². The van der Waals surface area contributed by atoms with Gasteiger partial charge in [-0.15, -0.1) is 11.3 Å². The molecule has 5 rings (SSSR count). The Hall–Kier alpha value is -4.20. The molecule has 1 N–H and O–H groups in total. The van der Waals surface area contributed by atoms with Crippen LogP contribution < -0.4 is 5.32 Å². The molecule has 4 nitrogen and oxygen atoms in total. The maximum absolute atomic E-state index is 13.4.